The summed E-state index contributed by atoms with van der Waals surface area (Å²) in [7, 11) is 0. The summed E-state index contributed by atoms with van der Waals surface area (Å²) in [4.78, 5) is 1.06. The topological polar surface area (TPSA) is 26.0 Å². The van der Waals surface area contributed by atoms with Crippen LogP contribution in [0.2, 0.25) is 5.02 Å². The molecule has 0 aliphatic heterocycles. The first kappa shape index (κ1) is 13.6. The number of halogens is 2. The fraction of sp³-hybridized carbons (Fsp3) is 0.125. The molecule has 0 spiro atoms. The van der Waals surface area contributed by atoms with Crippen molar-refractivity contribution in [2.24, 2.45) is 5.73 Å². The Morgan fingerprint density at radius 3 is 2.80 bits per heavy atom. The van der Waals surface area contributed by atoms with Crippen LogP contribution in [0, 0.1) is 5.82 Å². The molecule has 1 atom stereocenters. The smallest absolute Gasteiger partial charge is 0.123 e. The maximum Gasteiger partial charge on any atom is 0.123 e. The van der Waals surface area contributed by atoms with Gasteiger partial charge in [0.05, 0.1) is 0 Å². The van der Waals surface area contributed by atoms with Gasteiger partial charge in [0.2, 0.25) is 0 Å². The average molecular weight is 306 g/mol. The molecule has 0 saturated carbocycles. The van der Waals surface area contributed by atoms with E-state index in [1.807, 2.05) is 30.3 Å². The van der Waals surface area contributed by atoms with Crippen molar-refractivity contribution in [3.63, 3.8) is 0 Å². The number of hydrogen-bond acceptors (Lipinski definition) is 2. The Bertz CT molecular complexity index is 753. The maximum absolute atomic E-state index is 13.2. The molecule has 1 unspecified atom stereocenters. The van der Waals surface area contributed by atoms with Gasteiger partial charge in [-0.2, -0.15) is 0 Å². The summed E-state index contributed by atoms with van der Waals surface area (Å²) in [6, 6.07) is 14.4. The largest absolute Gasteiger partial charge is 0.323 e. The molecule has 20 heavy (non-hydrogen) atoms. The van der Waals surface area contributed by atoms with Crippen LogP contribution in [0.25, 0.3) is 10.1 Å². The molecule has 3 rings (SSSR count). The first-order chi connectivity index (χ1) is 9.61. The molecule has 0 radical (unpaired) electrons. The van der Waals surface area contributed by atoms with Gasteiger partial charge in [0, 0.05) is 20.6 Å². The lowest BCUT2D eigenvalue weighted by Gasteiger charge is -2.09. The minimum absolute atomic E-state index is 0.103. The van der Waals surface area contributed by atoms with E-state index in [0.29, 0.717) is 5.02 Å². The molecule has 1 aromatic heterocycles. The Morgan fingerprint density at radius 1 is 1.15 bits per heavy atom. The van der Waals surface area contributed by atoms with Crippen LogP contribution in [0.4, 0.5) is 4.39 Å². The molecule has 4 heteroatoms. The van der Waals surface area contributed by atoms with Crippen molar-refractivity contribution in [1.82, 2.24) is 0 Å². The van der Waals surface area contributed by atoms with Gasteiger partial charge in [-0.05, 0) is 53.8 Å². The number of nitrogens with two attached hydrogens (primary N) is 1. The molecule has 0 aliphatic rings. The normalized spacial score (nSPS) is 12.8. The summed E-state index contributed by atoms with van der Waals surface area (Å²) < 4.78 is 14.3. The van der Waals surface area contributed by atoms with Gasteiger partial charge >= 0.3 is 0 Å². The van der Waals surface area contributed by atoms with Crippen molar-refractivity contribution in [1.29, 1.82) is 0 Å². The molecular weight excluding hydrogens is 293 g/mol. The van der Waals surface area contributed by atoms with Crippen molar-refractivity contribution in [2.45, 2.75) is 12.5 Å². The third-order valence-corrected chi connectivity index (χ3v) is 4.69. The van der Waals surface area contributed by atoms with E-state index in [1.165, 1.54) is 6.07 Å². The van der Waals surface area contributed by atoms with Gasteiger partial charge in [-0.3, -0.25) is 0 Å². The second-order valence-electron chi connectivity index (χ2n) is 4.77. The van der Waals surface area contributed by atoms with Crippen LogP contribution in [0.3, 0.4) is 0 Å². The first-order valence-corrected chi connectivity index (χ1v) is 7.50. The van der Waals surface area contributed by atoms with Gasteiger partial charge < -0.3 is 5.73 Å². The van der Waals surface area contributed by atoms with Crippen molar-refractivity contribution < 1.29 is 4.39 Å². The second kappa shape index (κ2) is 5.52. The van der Waals surface area contributed by atoms with E-state index in [2.05, 4.69) is 0 Å². The lowest BCUT2D eigenvalue weighted by molar-refractivity contribution is 0.630. The standard InChI is InChI=1S/C16H13ClFNS/c17-12-3-1-2-10(6-12)7-14(19)16-9-11-8-13(18)4-5-15(11)20-16/h1-6,8-9,14H,7,19H2. The predicted octanol–water partition coefficient (Wildman–Crippen LogP) is 4.94. The third-order valence-electron chi connectivity index (χ3n) is 3.21. The predicted molar refractivity (Wildman–Crippen MR) is 83.9 cm³/mol. The van der Waals surface area contributed by atoms with Crippen LogP contribution in [0.15, 0.2) is 48.5 Å². The molecule has 0 aliphatic carbocycles. The van der Waals surface area contributed by atoms with Gasteiger partial charge in [-0.25, -0.2) is 4.39 Å². The Morgan fingerprint density at radius 2 is 2.00 bits per heavy atom. The summed E-state index contributed by atoms with van der Waals surface area (Å²) in [5.41, 5.74) is 7.36. The van der Waals surface area contributed by atoms with Crippen LogP contribution >= 0.6 is 22.9 Å². The fourth-order valence-corrected chi connectivity index (χ4v) is 3.50. The molecule has 2 N–H and O–H groups in total. The van der Waals surface area contributed by atoms with Crippen molar-refractivity contribution >= 4 is 33.0 Å². The first-order valence-electron chi connectivity index (χ1n) is 6.31. The average Bonchev–Trinajstić information content (AvgIpc) is 2.81. The highest BCUT2D eigenvalue weighted by Gasteiger charge is 2.11. The maximum atomic E-state index is 13.2. The zero-order valence-electron chi connectivity index (χ0n) is 10.6. The summed E-state index contributed by atoms with van der Waals surface area (Å²) in [6.07, 6.45) is 0.718. The van der Waals surface area contributed by atoms with E-state index in [4.69, 9.17) is 17.3 Å². The van der Waals surface area contributed by atoms with Crippen LogP contribution < -0.4 is 5.73 Å². The fourth-order valence-electron chi connectivity index (χ4n) is 2.24. The quantitative estimate of drug-likeness (QED) is 0.729. The minimum Gasteiger partial charge on any atom is -0.323 e. The number of benzene rings is 2. The highest BCUT2D eigenvalue weighted by Crippen LogP contribution is 2.31. The molecule has 3 aromatic rings. The number of fused-ring (bicyclic) bond motifs is 1. The Kier molecular flexibility index (Phi) is 3.74. The van der Waals surface area contributed by atoms with Gasteiger partial charge in [0.25, 0.3) is 0 Å². The van der Waals surface area contributed by atoms with E-state index in [-0.39, 0.29) is 11.9 Å². The lowest BCUT2D eigenvalue weighted by atomic mass is 10.1. The Hall–Kier alpha value is -1.42. The molecule has 2 aromatic carbocycles. The van der Waals surface area contributed by atoms with Crippen LogP contribution in [0.1, 0.15) is 16.5 Å². The highest BCUT2D eigenvalue weighted by atomic mass is 35.5. The third kappa shape index (κ3) is 2.85. The molecule has 102 valence electrons. The van der Waals surface area contributed by atoms with Crippen molar-refractivity contribution in [3.05, 3.63) is 69.8 Å². The van der Waals surface area contributed by atoms with Crippen LogP contribution in [-0.2, 0) is 6.42 Å². The van der Waals surface area contributed by atoms with Gasteiger partial charge in [-0.15, -0.1) is 11.3 Å². The highest BCUT2D eigenvalue weighted by molar-refractivity contribution is 7.19. The lowest BCUT2D eigenvalue weighted by Crippen LogP contribution is -2.11. The second-order valence-corrected chi connectivity index (χ2v) is 6.32. The Balaban J connectivity index is 1.86. The van der Waals surface area contributed by atoms with Gasteiger partial charge in [-0.1, -0.05) is 23.7 Å². The van der Waals surface area contributed by atoms with E-state index >= 15 is 0 Å². The van der Waals surface area contributed by atoms with Crippen molar-refractivity contribution in [3.8, 4) is 0 Å². The minimum atomic E-state index is -0.217. The zero-order chi connectivity index (χ0) is 14.1. The van der Waals surface area contributed by atoms with Gasteiger partial charge in [0.15, 0.2) is 0 Å². The SMILES string of the molecule is NC(Cc1cccc(Cl)c1)c1cc2cc(F)ccc2s1. The van der Waals surface area contributed by atoms with E-state index in [1.54, 1.807) is 23.5 Å². The molecule has 1 heterocycles. The monoisotopic (exact) mass is 305 g/mol. The summed E-state index contributed by atoms with van der Waals surface area (Å²) in [6.45, 7) is 0. The Labute approximate surface area is 125 Å². The van der Waals surface area contributed by atoms with Gasteiger partial charge in [0.1, 0.15) is 5.82 Å². The summed E-state index contributed by atoms with van der Waals surface area (Å²) in [5, 5.41) is 1.62. The van der Waals surface area contributed by atoms with Crippen LogP contribution in [0.5, 0.6) is 0 Å². The van der Waals surface area contributed by atoms with E-state index in [9.17, 15) is 4.39 Å². The molecule has 0 saturated heterocycles. The van der Waals surface area contributed by atoms with E-state index in [0.717, 1.165) is 26.9 Å². The summed E-state index contributed by atoms with van der Waals surface area (Å²) in [5.74, 6) is -0.217. The summed E-state index contributed by atoms with van der Waals surface area (Å²) >= 11 is 7.59. The molecule has 1 nitrogen and oxygen atoms in total. The molecule has 0 amide bonds. The molecule has 0 fully saturated rings. The van der Waals surface area contributed by atoms with E-state index < -0.39 is 0 Å². The number of hydrogen-bond donors (Lipinski definition) is 1. The molecular formula is C16H13ClFNS. The number of thiophene rings is 1. The zero-order valence-corrected chi connectivity index (χ0v) is 12.2. The molecule has 0 bridgehead atoms. The number of rotatable bonds is 3. The van der Waals surface area contributed by atoms with Crippen molar-refractivity contribution in [2.75, 3.05) is 0 Å². The van der Waals surface area contributed by atoms with Crippen LogP contribution in [-0.4, -0.2) is 0 Å².